The van der Waals surface area contributed by atoms with Crippen molar-refractivity contribution in [3.8, 4) is 0 Å². The van der Waals surface area contributed by atoms with Gasteiger partial charge in [0.2, 0.25) is 0 Å². The van der Waals surface area contributed by atoms with E-state index >= 15 is 0 Å². The van der Waals surface area contributed by atoms with Gasteiger partial charge in [0, 0.05) is 0 Å². The summed E-state index contributed by atoms with van der Waals surface area (Å²) >= 11 is 0. The summed E-state index contributed by atoms with van der Waals surface area (Å²) in [5.41, 5.74) is 0.226. The van der Waals surface area contributed by atoms with Crippen LogP contribution in [0.15, 0.2) is 30.3 Å². The van der Waals surface area contributed by atoms with Gasteiger partial charge in [0.15, 0.2) is 24.8 Å². The molecule has 2 aliphatic carbocycles. The van der Waals surface area contributed by atoms with Gasteiger partial charge in [-0.2, -0.15) is 0 Å². The lowest BCUT2D eigenvalue weighted by Crippen LogP contribution is -2.64. The largest absolute Gasteiger partial charge is 0.464 e. The van der Waals surface area contributed by atoms with Crippen LogP contribution in [0.25, 0.3) is 0 Å². The minimum Gasteiger partial charge on any atom is -0.464 e. The number of hydrogen-bond acceptors (Lipinski definition) is 14. The first kappa shape index (κ1) is 40.0. The van der Waals surface area contributed by atoms with E-state index in [0.29, 0.717) is 12.8 Å². The van der Waals surface area contributed by atoms with Crippen molar-refractivity contribution in [3.63, 3.8) is 0 Å². The Bertz CT molecular complexity index is 1230. The molecule has 288 valence electrons. The normalized spacial score (nSPS) is 38.5. The molecule has 14 atom stereocenters. The van der Waals surface area contributed by atoms with E-state index in [2.05, 4.69) is 0 Å². The molecular formula is C37H56O14. The van der Waals surface area contributed by atoms with Crippen molar-refractivity contribution in [1.82, 2.24) is 0 Å². The van der Waals surface area contributed by atoms with Gasteiger partial charge in [0.05, 0.1) is 37.1 Å². The summed E-state index contributed by atoms with van der Waals surface area (Å²) < 4.78 is 42.5. The van der Waals surface area contributed by atoms with E-state index in [1.165, 1.54) is 0 Å². The predicted octanol–water partition coefficient (Wildman–Crippen LogP) is 2.00. The maximum atomic E-state index is 13.6. The Kier molecular flexibility index (Phi) is 14.6. The summed E-state index contributed by atoms with van der Waals surface area (Å²) in [7, 11) is 0. The Hall–Kier alpha value is -2.24. The summed E-state index contributed by atoms with van der Waals surface area (Å²) in [6.45, 7) is 4.69. The van der Waals surface area contributed by atoms with Crippen LogP contribution in [-0.2, 0) is 38.0 Å². The number of carbonyl (C=O) groups excluding carboxylic acids is 2. The van der Waals surface area contributed by atoms with E-state index < -0.39 is 98.3 Å². The van der Waals surface area contributed by atoms with Gasteiger partial charge < -0.3 is 58.7 Å². The average Bonchev–Trinajstić information content (AvgIpc) is 3.13. The van der Waals surface area contributed by atoms with Crippen LogP contribution in [0, 0.1) is 11.8 Å². The maximum absolute atomic E-state index is 13.6. The Morgan fingerprint density at radius 3 is 2.22 bits per heavy atom. The average molecular weight is 725 g/mol. The number of aliphatic hydroxyl groups excluding tert-OH is 5. The molecule has 0 bridgehead atoms. The van der Waals surface area contributed by atoms with Crippen molar-refractivity contribution in [2.45, 2.75) is 158 Å². The van der Waals surface area contributed by atoms with E-state index in [1.807, 2.05) is 6.92 Å². The van der Waals surface area contributed by atoms with Gasteiger partial charge in [-0.15, -0.1) is 0 Å². The fourth-order valence-corrected chi connectivity index (χ4v) is 7.71. The molecule has 14 heteroatoms. The molecule has 0 radical (unpaired) electrons. The number of ether oxygens (including phenoxy) is 7. The smallest absolute Gasteiger partial charge is 0.338 e. The summed E-state index contributed by atoms with van der Waals surface area (Å²) in [6, 6.07) is 8.25. The van der Waals surface area contributed by atoms with Crippen LogP contribution >= 0.6 is 0 Å². The Balaban J connectivity index is 1.44. The highest BCUT2D eigenvalue weighted by Gasteiger charge is 2.53. The molecule has 4 aliphatic rings. The number of esters is 2. The number of benzene rings is 1. The van der Waals surface area contributed by atoms with Crippen molar-refractivity contribution in [3.05, 3.63) is 35.9 Å². The first-order valence-corrected chi connectivity index (χ1v) is 18.5. The van der Waals surface area contributed by atoms with E-state index in [-0.39, 0.29) is 24.0 Å². The van der Waals surface area contributed by atoms with E-state index in [4.69, 9.17) is 33.2 Å². The van der Waals surface area contributed by atoms with Crippen molar-refractivity contribution in [1.29, 1.82) is 0 Å². The molecule has 1 aromatic rings. The third-order valence-corrected chi connectivity index (χ3v) is 10.7. The zero-order valence-corrected chi connectivity index (χ0v) is 29.7. The fraction of sp³-hybridized carbons (Fsp3) is 0.784. The molecule has 14 nitrogen and oxygen atoms in total. The topological polar surface area (TPSA) is 200 Å². The fourth-order valence-electron chi connectivity index (χ4n) is 7.71. The summed E-state index contributed by atoms with van der Waals surface area (Å²) in [6.07, 6.45) is -8.59. The molecule has 2 saturated carbocycles. The first-order chi connectivity index (χ1) is 24.5. The van der Waals surface area contributed by atoms with Crippen molar-refractivity contribution in [2.75, 3.05) is 13.2 Å². The minimum absolute atomic E-state index is 0.118. The molecule has 2 saturated heterocycles. The molecule has 51 heavy (non-hydrogen) atoms. The monoisotopic (exact) mass is 724 g/mol. The van der Waals surface area contributed by atoms with Crippen molar-refractivity contribution in [2.24, 2.45) is 11.8 Å². The highest BCUT2D eigenvalue weighted by molar-refractivity contribution is 5.89. The molecule has 5 rings (SSSR count). The highest BCUT2D eigenvalue weighted by Crippen LogP contribution is 2.37. The molecule has 0 amide bonds. The maximum Gasteiger partial charge on any atom is 0.338 e. The van der Waals surface area contributed by atoms with Crippen molar-refractivity contribution < 1.29 is 68.3 Å². The van der Waals surface area contributed by atoms with Gasteiger partial charge in [-0.1, -0.05) is 63.6 Å². The standard InChI is InChI=1S/C37H56O14/c1-4-45-35(44)25(18-22-13-7-5-8-14-22)47-32-28(40)26(19-38)49-37(33(32)50-34(43)23-15-9-6-10-16-23)48-24-17-11-12-20(2)31(24)51-36-30(42)29(41)27(39)21(3)46-36/h6,9-10,15-16,20-22,24-33,36-42H,4-5,7-8,11-14,17-19H2,1-3H3/t20?,21?,24?,25-,26?,27?,28?,29?,30?,31?,32?,33?,36?,37?/m0/s1. The van der Waals surface area contributed by atoms with Gasteiger partial charge in [0.25, 0.3) is 0 Å². The van der Waals surface area contributed by atoms with Gasteiger partial charge in [0.1, 0.15) is 36.6 Å². The number of carbonyl (C=O) groups is 2. The number of aliphatic hydroxyl groups is 5. The molecule has 1 aromatic carbocycles. The molecule has 4 fully saturated rings. The van der Waals surface area contributed by atoms with Gasteiger partial charge >= 0.3 is 11.9 Å². The minimum atomic E-state index is -1.54. The van der Waals surface area contributed by atoms with Crippen LogP contribution < -0.4 is 0 Å². The second-order valence-corrected chi connectivity index (χ2v) is 14.4. The van der Waals surface area contributed by atoms with E-state index in [1.54, 1.807) is 44.2 Å². The molecule has 5 N–H and O–H groups in total. The molecule has 2 heterocycles. The molecular weight excluding hydrogens is 668 g/mol. The van der Waals surface area contributed by atoms with E-state index in [0.717, 1.165) is 44.9 Å². The molecule has 0 aromatic heterocycles. The lowest BCUT2D eigenvalue weighted by molar-refractivity contribution is -0.348. The van der Waals surface area contributed by atoms with Gasteiger partial charge in [-0.25, -0.2) is 9.59 Å². The van der Waals surface area contributed by atoms with Crippen LogP contribution in [-0.4, -0.2) is 130 Å². The molecule has 0 spiro atoms. The quantitative estimate of drug-likeness (QED) is 0.185. The summed E-state index contributed by atoms with van der Waals surface area (Å²) in [4.78, 5) is 26.9. The zero-order valence-electron chi connectivity index (χ0n) is 29.7. The summed E-state index contributed by atoms with van der Waals surface area (Å²) in [5.74, 6) is -1.28. The summed E-state index contributed by atoms with van der Waals surface area (Å²) in [5, 5.41) is 53.3. The number of rotatable bonds is 13. The Morgan fingerprint density at radius 1 is 0.804 bits per heavy atom. The van der Waals surface area contributed by atoms with E-state index in [9.17, 15) is 35.1 Å². The Morgan fingerprint density at radius 2 is 1.53 bits per heavy atom. The van der Waals surface area contributed by atoms with Crippen LogP contribution in [0.4, 0.5) is 0 Å². The van der Waals surface area contributed by atoms with Crippen LogP contribution in [0.5, 0.6) is 0 Å². The molecule has 13 unspecified atom stereocenters. The zero-order chi connectivity index (χ0) is 36.7. The highest BCUT2D eigenvalue weighted by atomic mass is 16.7. The first-order valence-electron chi connectivity index (χ1n) is 18.5. The third kappa shape index (κ3) is 9.85. The SMILES string of the molecule is CCOC(=O)[C@H](CC1CCCCC1)OC1C(O)C(CO)OC(OC2CCCC(C)C2OC2OC(C)C(O)C(O)C2O)C1OC(=O)c1ccccc1. The lowest BCUT2D eigenvalue weighted by atomic mass is 9.85. The molecule has 2 aliphatic heterocycles. The Labute approximate surface area is 299 Å². The van der Waals surface area contributed by atoms with Crippen LogP contribution in [0.2, 0.25) is 0 Å². The van der Waals surface area contributed by atoms with Gasteiger partial charge in [-0.05, 0) is 57.1 Å². The third-order valence-electron chi connectivity index (χ3n) is 10.7. The van der Waals surface area contributed by atoms with Gasteiger partial charge in [-0.3, -0.25) is 0 Å². The number of hydrogen-bond donors (Lipinski definition) is 5. The second-order valence-electron chi connectivity index (χ2n) is 14.4. The predicted molar refractivity (Wildman–Crippen MR) is 179 cm³/mol. The van der Waals surface area contributed by atoms with Crippen LogP contribution in [0.1, 0.15) is 88.9 Å². The van der Waals surface area contributed by atoms with Crippen molar-refractivity contribution >= 4 is 11.9 Å². The lowest BCUT2D eigenvalue weighted by Gasteiger charge is -2.47. The van der Waals surface area contributed by atoms with Crippen LogP contribution in [0.3, 0.4) is 0 Å². The second kappa shape index (κ2) is 18.7.